The lowest BCUT2D eigenvalue weighted by molar-refractivity contribution is -0.645. The van der Waals surface area contributed by atoms with Crippen molar-refractivity contribution in [1.29, 1.82) is 0 Å². The summed E-state index contributed by atoms with van der Waals surface area (Å²) in [4.78, 5) is 11.6. The number of rotatable bonds is 5. The molecular weight excluding hydrogens is 456 g/mol. The van der Waals surface area contributed by atoms with Crippen molar-refractivity contribution >= 4 is 0 Å². The summed E-state index contributed by atoms with van der Waals surface area (Å²) in [5.74, 6) is -0.0721. The van der Waals surface area contributed by atoms with Crippen LogP contribution in [0.15, 0.2) is 24.3 Å². The van der Waals surface area contributed by atoms with Gasteiger partial charge in [-0.1, -0.05) is 26.0 Å². The minimum Gasteiger partial charge on any atom is -0.462 e. The molecule has 6 aliphatic rings. The molecule has 1 aromatic rings. The number of hydrogen-bond acceptors (Lipinski definition) is 9. The van der Waals surface area contributed by atoms with Gasteiger partial charge < -0.3 is 34.6 Å². The molecule has 4 saturated carbocycles. The smallest absolute Gasteiger partial charge is 0.260 e. The molecule has 3 unspecified atom stereocenters. The summed E-state index contributed by atoms with van der Waals surface area (Å²) in [5.41, 5.74) is -0.532. The molecule has 0 aromatic heterocycles. The van der Waals surface area contributed by atoms with Crippen molar-refractivity contribution in [2.24, 2.45) is 23.7 Å². The van der Waals surface area contributed by atoms with Gasteiger partial charge in [-0.15, -0.1) is 0 Å². The molecular formula is C26H38O9. The zero-order valence-corrected chi connectivity index (χ0v) is 20.1. The molecule has 7 rings (SSSR count). The lowest BCUT2D eigenvalue weighted by Gasteiger charge is -2.68. The van der Waals surface area contributed by atoms with Gasteiger partial charge >= 0.3 is 0 Å². The van der Waals surface area contributed by atoms with E-state index in [-0.39, 0.29) is 17.6 Å². The van der Waals surface area contributed by atoms with Crippen LogP contribution in [0, 0.1) is 23.7 Å². The molecule has 4 N–H and O–H groups in total. The molecule has 4 aliphatic carbocycles. The third-order valence-corrected chi connectivity index (χ3v) is 8.62. The van der Waals surface area contributed by atoms with Crippen LogP contribution < -0.4 is 4.74 Å². The highest BCUT2D eigenvalue weighted by Gasteiger charge is 2.76. The molecule has 1 aromatic carbocycles. The highest BCUT2D eigenvalue weighted by molar-refractivity contribution is 5.36. The Morgan fingerprint density at radius 3 is 2.23 bits per heavy atom. The first-order valence-electron chi connectivity index (χ1n) is 14.2. The molecule has 6 fully saturated rings. The van der Waals surface area contributed by atoms with Crippen LogP contribution in [0.4, 0.5) is 0 Å². The Balaban J connectivity index is 0.00000144. The highest BCUT2D eigenvalue weighted by atomic mass is 17.3. The molecule has 196 valence electrons. The van der Waals surface area contributed by atoms with E-state index >= 15 is 0 Å². The summed E-state index contributed by atoms with van der Waals surface area (Å²) >= 11 is 0. The maximum Gasteiger partial charge on any atom is 0.260 e. The van der Waals surface area contributed by atoms with Crippen molar-refractivity contribution < 1.29 is 48.5 Å². The van der Waals surface area contributed by atoms with Crippen molar-refractivity contribution in [1.82, 2.24) is 0 Å². The van der Waals surface area contributed by atoms with Crippen LogP contribution in [0.5, 0.6) is 5.75 Å². The summed E-state index contributed by atoms with van der Waals surface area (Å²) in [7, 11) is -2.76. The fourth-order valence-electron chi connectivity index (χ4n) is 7.27. The topological polar surface area (TPSA) is 127 Å². The second-order valence-corrected chi connectivity index (χ2v) is 10.3. The van der Waals surface area contributed by atoms with E-state index in [1.807, 2.05) is 13.8 Å². The third kappa shape index (κ3) is 3.67. The van der Waals surface area contributed by atoms with Crippen molar-refractivity contribution in [3.8, 4) is 5.75 Å². The van der Waals surface area contributed by atoms with E-state index in [1.54, 1.807) is 24.3 Å². The summed E-state index contributed by atoms with van der Waals surface area (Å²) in [6.07, 6.45) is -2.25. The van der Waals surface area contributed by atoms with Gasteiger partial charge in [0.25, 0.3) is 5.79 Å². The average molecular weight is 498 g/mol. The van der Waals surface area contributed by atoms with Crippen molar-refractivity contribution in [2.45, 2.75) is 88.0 Å². The molecule has 2 aliphatic heterocycles. The molecule has 4 bridgehead atoms. The van der Waals surface area contributed by atoms with Crippen LogP contribution in [0.3, 0.4) is 0 Å². The second kappa shape index (κ2) is 9.54. The van der Waals surface area contributed by atoms with E-state index in [1.165, 1.54) is 6.42 Å². The molecule has 2 saturated heterocycles. The maximum absolute atomic E-state index is 10.4. The Bertz CT molecular complexity index is 961. The van der Waals surface area contributed by atoms with Crippen LogP contribution >= 0.6 is 0 Å². The Labute approximate surface area is 210 Å². The van der Waals surface area contributed by atoms with E-state index in [0.717, 1.165) is 25.7 Å². The van der Waals surface area contributed by atoms with Crippen LogP contribution in [0.1, 0.15) is 55.6 Å². The Morgan fingerprint density at radius 1 is 0.971 bits per heavy atom. The summed E-state index contributed by atoms with van der Waals surface area (Å²) in [6.45, 7) is 3.42. The molecule has 0 radical (unpaired) electrons. The van der Waals surface area contributed by atoms with Gasteiger partial charge in [0.2, 0.25) is 6.29 Å². The zero-order chi connectivity index (χ0) is 27.5. The Kier molecular flexibility index (Phi) is 5.93. The Hall–Kier alpha value is -1.30. The number of ether oxygens (including phenoxy) is 3. The van der Waals surface area contributed by atoms with Gasteiger partial charge in [0.05, 0.1) is 10.7 Å². The summed E-state index contributed by atoms with van der Waals surface area (Å²) in [6, 6.07) is 6.48. The lowest BCUT2D eigenvalue weighted by Crippen LogP contribution is -2.76. The lowest BCUT2D eigenvalue weighted by atomic mass is 9.47. The molecule has 1 spiro atoms. The predicted molar refractivity (Wildman–Crippen MR) is 123 cm³/mol. The van der Waals surface area contributed by atoms with E-state index in [2.05, 4.69) is 0 Å². The molecule has 0 amide bonds. The molecule has 2 heterocycles. The van der Waals surface area contributed by atoms with Crippen molar-refractivity contribution in [3.63, 3.8) is 0 Å². The molecule has 9 nitrogen and oxygen atoms in total. The average Bonchev–Trinajstić information content (AvgIpc) is 2.87. The quantitative estimate of drug-likeness (QED) is 0.451. The number of benzene rings is 1. The van der Waals surface area contributed by atoms with Crippen LogP contribution in [0.2, 0.25) is 0 Å². The molecule has 35 heavy (non-hydrogen) atoms. The monoisotopic (exact) mass is 497 g/mol. The van der Waals surface area contributed by atoms with Gasteiger partial charge in [-0.05, 0) is 67.9 Å². The zero-order valence-electron chi connectivity index (χ0n) is 23.1. The van der Waals surface area contributed by atoms with Gasteiger partial charge in [-0.3, -0.25) is 0 Å². The van der Waals surface area contributed by atoms with Crippen molar-refractivity contribution in [3.05, 3.63) is 29.8 Å². The normalized spacial score (nSPS) is 49.3. The third-order valence-electron chi connectivity index (χ3n) is 8.62. The summed E-state index contributed by atoms with van der Waals surface area (Å²) < 4.78 is 40.8. The number of aliphatic hydroxyl groups excluding tert-OH is 4. The maximum atomic E-state index is 10.4. The molecule has 9 heteroatoms. The van der Waals surface area contributed by atoms with Gasteiger partial charge in [0, 0.05) is 12.6 Å². The first kappa shape index (κ1) is 21.8. The fraction of sp³-hybridized carbons (Fsp3) is 0.769. The minimum absolute atomic E-state index is 0.0971. The van der Waals surface area contributed by atoms with Crippen LogP contribution in [-0.2, 0) is 25.0 Å². The van der Waals surface area contributed by atoms with Crippen LogP contribution in [-0.4, -0.2) is 70.4 Å². The highest BCUT2D eigenvalue weighted by Crippen LogP contribution is 2.69. The SMILES string of the molecule is CC.[2H]C([2H])([2H])OC1(c2cccc(O[C@@H]3OC(CO)[C@H](O)[C@H](O)C3O)c2)OOC12C1CC3CC(C1)CC2C3. The van der Waals surface area contributed by atoms with E-state index < -0.39 is 55.7 Å². The first-order valence-corrected chi connectivity index (χ1v) is 12.7. The summed E-state index contributed by atoms with van der Waals surface area (Å²) in [5, 5.41) is 40.0. The minimum atomic E-state index is -2.76. The van der Waals surface area contributed by atoms with Gasteiger partial charge in [0.15, 0.2) is 5.60 Å². The largest absolute Gasteiger partial charge is 0.462 e. The standard InChI is InChI=1S/C24H32O9.C2H6/c1-29-24(23(32-33-24)15-6-12-5-13(8-15)9-16(23)7-12)14-3-2-4-17(10-14)30-22-21(28)20(27)19(26)18(11-25)31-22;1-2/h2-4,10,12-13,15-16,18-22,25-28H,5-9,11H2,1H3;1-2H3/t12?,13?,15?,16?,18?,19-,20-,21?,22+,23?,24?;/m0./s1/i1D3;. The van der Waals surface area contributed by atoms with Gasteiger partial charge in [-0.2, -0.15) is 4.89 Å². The van der Waals surface area contributed by atoms with Gasteiger partial charge in [0.1, 0.15) is 30.2 Å². The second-order valence-electron chi connectivity index (χ2n) is 10.3. The fourth-order valence-corrected chi connectivity index (χ4v) is 7.27. The predicted octanol–water partition coefficient (Wildman–Crippen LogP) is 1.85. The number of methoxy groups -OCH3 is 1. The van der Waals surface area contributed by atoms with E-state index in [0.29, 0.717) is 17.4 Å². The Morgan fingerprint density at radius 2 is 1.66 bits per heavy atom. The van der Waals surface area contributed by atoms with Gasteiger partial charge in [-0.25, -0.2) is 4.89 Å². The van der Waals surface area contributed by atoms with E-state index in [4.69, 9.17) is 28.1 Å². The van der Waals surface area contributed by atoms with Crippen LogP contribution in [0.25, 0.3) is 0 Å². The van der Waals surface area contributed by atoms with E-state index in [9.17, 15) is 20.4 Å². The van der Waals surface area contributed by atoms with Crippen molar-refractivity contribution in [2.75, 3.05) is 13.6 Å². The number of hydrogen-bond donors (Lipinski definition) is 4. The number of aliphatic hydroxyl groups is 4. The molecule has 6 atom stereocenters. The first-order chi connectivity index (χ1) is 18.1.